The fraction of sp³-hybridized carbons (Fsp3) is 0.471. The van der Waals surface area contributed by atoms with Gasteiger partial charge in [0.15, 0.2) is 11.5 Å². The first-order valence-electron chi connectivity index (χ1n) is 7.28. The second-order valence-electron chi connectivity index (χ2n) is 4.68. The molecule has 0 unspecified atom stereocenters. The SMILES string of the molecule is CCCCCCOC(=O)/C=C/c1ccc(OC)c(OC)c1. The number of carbonyl (C=O) groups excluding carboxylic acids is 1. The van der Waals surface area contributed by atoms with Gasteiger partial charge in [-0.3, -0.25) is 0 Å². The van der Waals surface area contributed by atoms with Crippen molar-refractivity contribution in [2.75, 3.05) is 20.8 Å². The lowest BCUT2D eigenvalue weighted by Crippen LogP contribution is -2.02. The van der Waals surface area contributed by atoms with Crippen LogP contribution in [0.25, 0.3) is 6.08 Å². The molecule has 0 spiro atoms. The van der Waals surface area contributed by atoms with Crippen molar-refractivity contribution in [3.05, 3.63) is 29.8 Å². The van der Waals surface area contributed by atoms with E-state index < -0.39 is 0 Å². The molecule has 0 bridgehead atoms. The Morgan fingerprint density at radius 2 is 1.86 bits per heavy atom. The Morgan fingerprint density at radius 1 is 1.10 bits per heavy atom. The average molecular weight is 292 g/mol. The predicted molar refractivity (Wildman–Crippen MR) is 83.7 cm³/mol. The van der Waals surface area contributed by atoms with Crippen molar-refractivity contribution in [3.63, 3.8) is 0 Å². The van der Waals surface area contributed by atoms with Crippen molar-refractivity contribution in [1.82, 2.24) is 0 Å². The molecule has 21 heavy (non-hydrogen) atoms. The zero-order valence-corrected chi connectivity index (χ0v) is 13.1. The Hall–Kier alpha value is -1.97. The number of methoxy groups -OCH3 is 2. The lowest BCUT2D eigenvalue weighted by Gasteiger charge is -2.07. The van der Waals surface area contributed by atoms with Gasteiger partial charge in [-0.15, -0.1) is 0 Å². The Labute approximate surface area is 126 Å². The Kier molecular flexibility index (Phi) is 8.02. The molecule has 4 nitrogen and oxygen atoms in total. The summed E-state index contributed by atoms with van der Waals surface area (Å²) < 4.78 is 15.5. The number of hydrogen-bond donors (Lipinski definition) is 0. The van der Waals surface area contributed by atoms with Gasteiger partial charge in [0.25, 0.3) is 0 Å². The number of esters is 1. The molecule has 0 atom stereocenters. The van der Waals surface area contributed by atoms with Gasteiger partial charge in [0.1, 0.15) is 0 Å². The van der Waals surface area contributed by atoms with E-state index in [0.29, 0.717) is 18.1 Å². The summed E-state index contributed by atoms with van der Waals surface area (Å²) in [7, 11) is 3.17. The van der Waals surface area contributed by atoms with Crippen LogP contribution in [0.1, 0.15) is 38.2 Å². The van der Waals surface area contributed by atoms with E-state index in [-0.39, 0.29) is 5.97 Å². The molecule has 1 aromatic carbocycles. The molecule has 116 valence electrons. The molecule has 0 saturated carbocycles. The van der Waals surface area contributed by atoms with E-state index in [1.807, 2.05) is 12.1 Å². The number of unbranched alkanes of at least 4 members (excludes halogenated alkanes) is 3. The second-order valence-corrected chi connectivity index (χ2v) is 4.68. The van der Waals surface area contributed by atoms with Crippen molar-refractivity contribution in [2.45, 2.75) is 32.6 Å². The third-order valence-electron chi connectivity index (χ3n) is 3.06. The monoisotopic (exact) mass is 292 g/mol. The van der Waals surface area contributed by atoms with Gasteiger partial charge in [-0.2, -0.15) is 0 Å². The smallest absolute Gasteiger partial charge is 0.330 e. The third kappa shape index (κ3) is 6.34. The summed E-state index contributed by atoms with van der Waals surface area (Å²) in [6.45, 7) is 2.63. The van der Waals surface area contributed by atoms with Gasteiger partial charge >= 0.3 is 5.97 Å². The van der Waals surface area contributed by atoms with Crippen LogP contribution in [0.3, 0.4) is 0 Å². The van der Waals surface area contributed by atoms with Gasteiger partial charge in [-0.05, 0) is 30.2 Å². The van der Waals surface area contributed by atoms with Gasteiger partial charge in [-0.1, -0.05) is 32.3 Å². The summed E-state index contributed by atoms with van der Waals surface area (Å²) in [6.07, 6.45) is 7.51. The maximum absolute atomic E-state index is 11.6. The van der Waals surface area contributed by atoms with Crippen LogP contribution in [0.5, 0.6) is 11.5 Å². The van der Waals surface area contributed by atoms with E-state index >= 15 is 0 Å². The van der Waals surface area contributed by atoms with E-state index in [1.165, 1.54) is 18.9 Å². The fourth-order valence-corrected chi connectivity index (χ4v) is 1.87. The van der Waals surface area contributed by atoms with Gasteiger partial charge in [-0.25, -0.2) is 4.79 Å². The molecule has 1 rings (SSSR count). The van der Waals surface area contributed by atoms with Crippen molar-refractivity contribution >= 4 is 12.0 Å². The summed E-state index contributed by atoms with van der Waals surface area (Å²) in [5.41, 5.74) is 0.857. The van der Waals surface area contributed by atoms with Crippen molar-refractivity contribution in [3.8, 4) is 11.5 Å². The largest absolute Gasteiger partial charge is 0.493 e. The second kappa shape index (κ2) is 9.86. The lowest BCUT2D eigenvalue weighted by molar-refractivity contribution is -0.137. The van der Waals surface area contributed by atoms with E-state index in [2.05, 4.69) is 6.92 Å². The molecule has 0 saturated heterocycles. The molecule has 0 N–H and O–H groups in total. The molecule has 0 radical (unpaired) electrons. The number of benzene rings is 1. The Morgan fingerprint density at radius 3 is 2.52 bits per heavy atom. The highest BCUT2D eigenvalue weighted by Crippen LogP contribution is 2.27. The molecule has 0 aliphatic heterocycles. The summed E-state index contributed by atoms with van der Waals surface area (Å²) >= 11 is 0. The minimum absolute atomic E-state index is 0.318. The van der Waals surface area contributed by atoms with Gasteiger partial charge in [0.2, 0.25) is 0 Å². The van der Waals surface area contributed by atoms with Crippen LogP contribution in [0, 0.1) is 0 Å². The van der Waals surface area contributed by atoms with Crippen molar-refractivity contribution < 1.29 is 19.0 Å². The first kappa shape index (κ1) is 17.1. The summed E-state index contributed by atoms with van der Waals surface area (Å²) in [6, 6.07) is 5.46. The number of carbonyl (C=O) groups is 1. The Balaban J connectivity index is 2.46. The Bertz CT molecular complexity index is 466. The average Bonchev–Trinajstić information content (AvgIpc) is 2.52. The van der Waals surface area contributed by atoms with Crippen LogP contribution in [-0.4, -0.2) is 26.8 Å². The van der Waals surface area contributed by atoms with Crippen LogP contribution < -0.4 is 9.47 Å². The van der Waals surface area contributed by atoms with E-state index in [9.17, 15) is 4.79 Å². The van der Waals surface area contributed by atoms with Gasteiger partial charge < -0.3 is 14.2 Å². The predicted octanol–water partition coefficient (Wildman–Crippen LogP) is 3.84. The van der Waals surface area contributed by atoms with E-state index in [0.717, 1.165) is 18.4 Å². The zero-order valence-electron chi connectivity index (χ0n) is 13.1. The van der Waals surface area contributed by atoms with Crippen LogP contribution in [0.15, 0.2) is 24.3 Å². The normalized spacial score (nSPS) is 10.6. The number of ether oxygens (including phenoxy) is 3. The van der Waals surface area contributed by atoms with Crippen molar-refractivity contribution in [1.29, 1.82) is 0 Å². The topological polar surface area (TPSA) is 44.8 Å². The molecule has 0 fully saturated rings. The first-order chi connectivity index (χ1) is 10.2. The number of rotatable bonds is 9. The molecule has 4 heteroatoms. The first-order valence-corrected chi connectivity index (χ1v) is 7.28. The highest BCUT2D eigenvalue weighted by Gasteiger charge is 2.03. The highest BCUT2D eigenvalue weighted by atomic mass is 16.5. The summed E-state index contributed by atoms with van der Waals surface area (Å²) in [5, 5.41) is 0. The fourth-order valence-electron chi connectivity index (χ4n) is 1.87. The minimum atomic E-state index is -0.318. The quantitative estimate of drug-likeness (QED) is 0.394. The van der Waals surface area contributed by atoms with E-state index in [4.69, 9.17) is 14.2 Å². The summed E-state index contributed by atoms with van der Waals surface area (Å²) in [4.78, 5) is 11.6. The molecule has 0 amide bonds. The summed E-state index contributed by atoms with van der Waals surface area (Å²) in [5.74, 6) is 0.974. The maximum Gasteiger partial charge on any atom is 0.330 e. The van der Waals surface area contributed by atoms with Crippen molar-refractivity contribution in [2.24, 2.45) is 0 Å². The van der Waals surface area contributed by atoms with Crippen LogP contribution in [-0.2, 0) is 9.53 Å². The van der Waals surface area contributed by atoms with Gasteiger partial charge in [0, 0.05) is 6.08 Å². The molecular formula is C17H24O4. The lowest BCUT2D eigenvalue weighted by atomic mass is 10.2. The van der Waals surface area contributed by atoms with Crippen LogP contribution in [0.2, 0.25) is 0 Å². The minimum Gasteiger partial charge on any atom is -0.493 e. The molecule has 1 aromatic rings. The molecule has 0 aliphatic rings. The zero-order chi connectivity index (χ0) is 15.5. The number of hydrogen-bond acceptors (Lipinski definition) is 4. The molecular weight excluding hydrogens is 268 g/mol. The van der Waals surface area contributed by atoms with Crippen LogP contribution >= 0.6 is 0 Å². The van der Waals surface area contributed by atoms with Gasteiger partial charge in [0.05, 0.1) is 20.8 Å². The molecule has 0 aromatic heterocycles. The maximum atomic E-state index is 11.6. The standard InChI is InChI=1S/C17H24O4/c1-4-5-6-7-12-21-17(18)11-9-14-8-10-15(19-2)16(13-14)20-3/h8-11,13H,4-7,12H2,1-3H3/b11-9+. The highest BCUT2D eigenvalue weighted by molar-refractivity contribution is 5.87. The van der Waals surface area contributed by atoms with E-state index in [1.54, 1.807) is 26.4 Å². The third-order valence-corrected chi connectivity index (χ3v) is 3.06. The molecule has 0 aliphatic carbocycles. The molecule has 0 heterocycles. The van der Waals surface area contributed by atoms with Crippen LogP contribution in [0.4, 0.5) is 0 Å².